The van der Waals surface area contributed by atoms with E-state index in [1.165, 1.54) is 12.0 Å². The van der Waals surface area contributed by atoms with E-state index in [1.54, 1.807) is 0 Å². The molecule has 3 aliphatic rings. The summed E-state index contributed by atoms with van der Waals surface area (Å²) in [4.78, 5) is 31.4. The van der Waals surface area contributed by atoms with Gasteiger partial charge in [-0.2, -0.15) is 0 Å². The quantitative estimate of drug-likeness (QED) is 0.832. The Morgan fingerprint density at radius 3 is 2.50 bits per heavy atom. The van der Waals surface area contributed by atoms with Crippen molar-refractivity contribution in [2.24, 2.45) is 5.92 Å². The number of hydrogen-bond donors (Lipinski definition) is 0. The van der Waals surface area contributed by atoms with Crippen LogP contribution in [0.4, 0.5) is 5.69 Å². The molecule has 5 heteroatoms. The van der Waals surface area contributed by atoms with Gasteiger partial charge in [-0.3, -0.25) is 14.5 Å². The molecule has 1 saturated carbocycles. The third kappa shape index (κ3) is 3.37. The second-order valence-corrected chi connectivity index (χ2v) is 8.01. The minimum atomic E-state index is 0.201. The van der Waals surface area contributed by atoms with Crippen molar-refractivity contribution < 1.29 is 9.59 Å². The number of hydrogen-bond acceptors (Lipinski definition) is 3. The molecule has 1 saturated heterocycles. The van der Waals surface area contributed by atoms with Crippen LogP contribution >= 0.6 is 0 Å². The van der Waals surface area contributed by atoms with Crippen molar-refractivity contribution in [3.63, 3.8) is 0 Å². The molecule has 1 aliphatic carbocycles. The van der Waals surface area contributed by atoms with Crippen molar-refractivity contribution in [2.75, 3.05) is 38.1 Å². The molecule has 2 amide bonds. The van der Waals surface area contributed by atoms with E-state index in [1.807, 2.05) is 35.0 Å². The molecule has 0 radical (unpaired) electrons. The van der Waals surface area contributed by atoms with Gasteiger partial charge in [-0.25, -0.2) is 0 Å². The van der Waals surface area contributed by atoms with Crippen molar-refractivity contribution in [3.8, 4) is 0 Å². The normalized spacial score (nSPS) is 21.3. The number of fused-ring (bicyclic) bond motifs is 1. The zero-order valence-corrected chi connectivity index (χ0v) is 15.7. The summed E-state index contributed by atoms with van der Waals surface area (Å²) in [6.45, 7) is 3.08. The summed E-state index contributed by atoms with van der Waals surface area (Å²) in [7, 11) is 1.97. The number of likely N-dealkylation sites (tertiary alicyclic amines) is 1. The second-order valence-electron chi connectivity index (χ2n) is 8.01. The Labute approximate surface area is 155 Å². The molecule has 0 aromatic heterocycles. The van der Waals surface area contributed by atoms with Crippen molar-refractivity contribution in [1.82, 2.24) is 9.80 Å². The summed E-state index contributed by atoms with van der Waals surface area (Å²) in [5.74, 6) is 0.807. The molecule has 1 aromatic rings. The number of rotatable bonds is 4. The van der Waals surface area contributed by atoms with Crippen LogP contribution in [0.3, 0.4) is 0 Å². The van der Waals surface area contributed by atoms with Gasteiger partial charge in [0, 0.05) is 44.3 Å². The highest BCUT2D eigenvalue weighted by Gasteiger charge is 2.33. The largest absolute Gasteiger partial charge is 0.342 e. The smallest absolute Gasteiger partial charge is 0.241 e. The minimum absolute atomic E-state index is 0.201. The van der Waals surface area contributed by atoms with Gasteiger partial charge in [0.05, 0.1) is 6.54 Å². The van der Waals surface area contributed by atoms with Gasteiger partial charge in [0.25, 0.3) is 0 Å². The maximum Gasteiger partial charge on any atom is 0.241 e. The second kappa shape index (κ2) is 7.39. The fraction of sp³-hybridized carbons (Fsp3) is 0.619. The lowest BCUT2D eigenvalue weighted by molar-refractivity contribution is -0.140. The van der Waals surface area contributed by atoms with Crippen LogP contribution in [0.15, 0.2) is 24.3 Å². The number of anilines is 1. The first-order valence-corrected chi connectivity index (χ1v) is 10.0. The van der Waals surface area contributed by atoms with Crippen LogP contribution in [0.5, 0.6) is 0 Å². The van der Waals surface area contributed by atoms with Crippen LogP contribution in [-0.2, 0) is 16.0 Å². The fourth-order valence-corrected chi connectivity index (χ4v) is 4.46. The number of para-hydroxylation sites is 1. The van der Waals surface area contributed by atoms with Gasteiger partial charge in [-0.05, 0) is 43.7 Å². The highest BCUT2D eigenvalue weighted by Crippen LogP contribution is 2.30. The molecule has 2 fully saturated rings. The molecule has 4 rings (SSSR count). The molecular weight excluding hydrogens is 326 g/mol. The summed E-state index contributed by atoms with van der Waals surface area (Å²) in [5, 5.41) is 0. The molecular formula is C21H29N3O2. The number of piperidine rings is 1. The van der Waals surface area contributed by atoms with Crippen LogP contribution in [0, 0.1) is 5.92 Å². The van der Waals surface area contributed by atoms with Gasteiger partial charge >= 0.3 is 0 Å². The maximum absolute atomic E-state index is 12.8. The van der Waals surface area contributed by atoms with Crippen molar-refractivity contribution in [1.29, 1.82) is 0 Å². The molecule has 26 heavy (non-hydrogen) atoms. The molecule has 1 aromatic carbocycles. The zero-order valence-electron chi connectivity index (χ0n) is 15.7. The molecule has 0 spiro atoms. The van der Waals surface area contributed by atoms with Gasteiger partial charge in [-0.15, -0.1) is 0 Å². The Morgan fingerprint density at radius 1 is 1.08 bits per heavy atom. The van der Waals surface area contributed by atoms with E-state index in [9.17, 15) is 9.59 Å². The van der Waals surface area contributed by atoms with Gasteiger partial charge in [0.2, 0.25) is 11.8 Å². The fourth-order valence-electron chi connectivity index (χ4n) is 4.46. The van der Waals surface area contributed by atoms with Gasteiger partial charge in [0.1, 0.15) is 0 Å². The van der Waals surface area contributed by atoms with E-state index in [0.717, 1.165) is 57.4 Å². The van der Waals surface area contributed by atoms with E-state index in [0.29, 0.717) is 18.5 Å². The third-order valence-electron chi connectivity index (χ3n) is 6.45. The first-order chi connectivity index (χ1) is 12.6. The summed E-state index contributed by atoms with van der Waals surface area (Å²) in [6.07, 6.45) is 6.22. The Hall–Kier alpha value is -1.88. The van der Waals surface area contributed by atoms with Gasteiger partial charge in [0.15, 0.2) is 0 Å². The lowest BCUT2D eigenvalue weighted by Gasteiger charge is -2.39. The van der Waals surface area contributed by atoms with E-state index in [-0.39, 0.29) is 11.8 Å². The number of benzene rings is 1. The predicted octanol–water partition coefficient (Wildman–Crippen LogP) is 2.30. The van der Waals surface area contributed by atoms with E-state index in [4.69, 9.17) is 0 Å². The summed E-state index contributed by atoms with van der Waals surface area (Å²) < 4.78 is 0. The third-order valence-corrected chi connectivity index (χ3v) is 6.45. The Bertz CT molecular complexity index is 678. The lowest BCUT2D eigenvalue weighted by atomic mass is 9.84. The van der Waals surface area contributed by atoms with Crippen molar-refractivity contribution in [3.05, 3.63) is 29.8 Å². The van der Waals surface area contributed by atoms with E-state index >= 15 is 0 Å². The number of nitrogens with zero attached hydrogens (tertiary/aromatic N) is 3. The highest BCUT2D eigenvalue weighted by atomic mass is 16.2. The Kier molecular flexibility index (Phi) is 4.98. The van der Waals surface area contributed by atoms with Crippen molar-refractivity contribution in [2.45, 2.75) is 44.6 Å². The number of amides is 2. The lowest BCUT2D eigenvalue weighted by Crippen LogP contribution is -2.50. The highest BCUT2D eigenvalue weighted by molar-refractivity contribution is 5.96. The van der Waals surface area contributed by atoms with E-state index < -0.39 is 0 Å². The molecule has 0 atom stereocenters. The maximum atomic E-state index is 12.8. The SMILES string of the molecule is CN(C(=O)C1CCC1)C1CCN(CC(=O)N2CCc3ccccc32)CC1. The zero-order chi connectivity index (χ0) is 18.1. The average molecular weight is 355 g/mol. The standard InChI is InChI=1S/C21H29N3O2/c1-22(21(26)17-6-4-7-17)18-10-12-23(13-11-18)15-20(25)24-14-9-16-5-2-3-8-19(16)24/h2-3,5,8,17-18H,4,6-7,9-15H2,1H3. The van der Waals surface area contributed by atoms with E-state index in [2.05, 4.69) is 11.0 Å². The Balaban J connectivity index is 1.27. The topological polar surface area (TPSA) is 43.9 Å². The average Bonchev–Trinajstić information content (AvgIpc) is 3.04. The minimum Gasteiger partial charge on any atom is -0.342 e. The summed E-state index contributed by atoms with van der Waals surface area (Å²) >= 11 is 0. The molecule has 2 aliphatic heterocycles. The molecule has 0 bridgehead atoms. The predicted molar refractivity (Wildman–Crippen MR) is 102 cm³/mol. The van der Waals surface area contributed by atoms with Gasteiger partial charge < -0.3 is 9.80 Å². The van der Waals surface area contributed by atoms with Crippen LogP contribution in [-0.4, -0.2) is 60.9 Å². The monoisotopic (exact) mass is 355 g/mol. The summed E-state index contributed by atoms with van der Waals surface area (Å²) in [5.41, 5.74) is 2.36. The number of carbonyl (C=O) groups excluding carboxylic acids is 2. The summed E-state index contributed by atoms with van der Waals surface area (Å²) in [6, 6.07) is 8.54. The molecule has 0 unspecified atom stereocenters. The van der Waals surface area contributed by atoms with Crippen molar-refractivity contribution >= 4 is 17.5 Å². The molecule has 140 valence electrons. The molecule has 0 N–H and O–H groups in total. The van der Waals surface area contributed by atoms with Gasteiger partial charge in [-0.1, -0.05) is 24.6 Å². The first kappa shape index (κ1) is 17.5. The van der Waals surface area contributed by atoms with Crippen LogP contribution in [0.1, 0.15) is 37.7 Å². The van der Waals surface area contributed by atoms with Crippen LogP contribution in [0.2, 0.25) is 0 Å². The van der Waals surface area contributed by atoms with Crippen LogP contribution < -0.4 is 4.90 Å². The molecule has 2 heterocycles. The Morgan fingerprint density at radius 2 is 1.81 bits per heavy atom. The van der Waals surface area contributed by atoms with Crippen LogP contribution in [0.25, 0.3) is 0 Å². The number of carbonyl (C=O) groups is 2. The molecule has 5 nitrogen and oxygen atoms in total. The first-order valence-electron chi connectivity index (χ1n) is 10.0.